The maximum Gasteiger partial charge on any atom is 0.269 e. The van der Waals surface area contributed by atoms with Gasteiger partial charge >= 0.3 is 0 Å². The molecular weight excluding hydrogens is 288 g/mol. The number of ether oxygens (including phenoxy) is 2. The highest BCUT2D eigenvalue weighted by Gasteiger charge is 2.23. The van der Waals surface area contributed by atoms with Crippen LogP contribution in [0.1, 0.15) is 0 Å². The average molecular weight is 300 g/mol. The Morgan fingerprint density at radius 1 is 1.32 bits per heavy atom. The van der Waals surface area contributed by atoms with E-state index in [-0.39, 0.29) is 11.8 Å². The molecule has 1 aliphatic heterocycles. The second-order valence-corrected chi connectivity index (χ2v) is 4.59. The van der Waals surface area contributed by atoms with Crippen LogP contribution in [0.2, 0.25) is 0 Å². The molecule has 0 radical (unpaired) electrons. The van der Waals surface area contributed by atoms with E-state index in [1.165, 1.54) is 24.3 Å². The Morgan fingerprint density at radius 3 is 2.77 bits per heavy atom. The van der Waals surface area contributed by atoms with Gasteiger partial charge in [-0.3, -0.25) is 10.1 Å². The lowest BCUT2D eigenvalue weighted by molar-refractivity contribution is -0.384. The van der Waals surface area contributed by atoms with Gasteiger partial charge in [-0.25, -0.2) is 4.98 Å². The molecule has 3 rings (SSSR count). The van der Waals surface area contributed by atoms with Crippen molar-refractivity contribution < 1.29 is 14.4 Å². The molecule has 22 heavy (non-hydrogen) atoms. The number of nitrogens with zero attached hydrogens (tertiary/aromatic N) is 4. The monoisotopic (exact) mass is 300 g/mol. The maximum absolute atomic E-state index is 10.6. The molecule has 1 aromatic carbocycles. The third-order valence-electron chi connectivity index (χ3n) is 2.88. The Morgan fingerprint density at radius 2 is 2.09 bits per heavy atom. The van der Waals surface area contributed by atoms with E-state index in [0.29, 0.717) is 23.9 Å². The van der Waals surface area contributed by atoms with Gasteiger partial charge in [0.25, 0.3) is 5.69 Å². The van der Waals surface area contributed by atoms with Crippen LogP contribution in [0.5, 0.6) is 5.75 Å². The van der Waals surface area contributed by atoms with E-state index >= 15 is 0 Å². The summed E-state index contributed by atoms with van der Waals surface area (Å²) in [7, 11) is 0. The first-order chi connectivity index (χ1) is 10.7. The predicted molar refractivity (Wildman–Crippen MR) is 76.7 cm³/mol. The highest BCUT2D eigenvalue weighted by Crippen LogP contribution is 2.23. The van der Waals surface area contributed by atoms with Gasteiger partial charge in [-0.05, 0) is 18.2 Å². The summed E-state index contributed by atoms with van der Waals surface area (Å²) < 4.78 is 10.6. The Hall–Kier alpha value is -2.87. The molecule has 1 saturated heterocycles. The first-order valence-electron chi connectivity index (χ1n) is 6.57. The molecule has 0 aliphatic carbocycles. The van der Waals surface area contributed by atoms with Gasteiger partial charge in [0.05, 0.1) is 17.2 Å². The van der Waals surface area contributed by atoms with Gasteiger partial charge in [0.15, 0.2) is 5.82 Å². The van der Waals surface area contributed by atoms with Crippen molar-refractivity contribution in [2.24, 2.45) is 10.2 Å². The Kier molecular flexibility index (Phi) is 4.01. The fraction of sp³-hybridized carbons (Fsp3) is 0.214. The third kappa shape index (κ3) is 3.83. The average Bonchev–Trinajstić information content (AvgIpc) is 3.36. The molecule has 1 aromatic heterocycles. The number of nitro groups is 1. The fourth-order valence-corrected chi connectivity index (χ4v) is 1.65. The van der Waals surface area contributed by atoms with Crippen LogP contribution < -0.4 is 4.74 Å². The third-order valence-corrected chi connectivity index (χ3v) is 2.88. The zero-order valence-corrected chi connectivity index (χ0v) is 11.5. The van der Waals surface area contributed by atoms with Gasteiger partial charge in [0.2, 0.25) is 0 Å². The highest BCUT2D eigenvalue weighted by atomic mass is 16.6. The van der Waals surface area contributed by atoms with Crippen molar-refractivity contribution in [3.05, 3.63) is 52.7 Å². The van der Waals surface area contributed by atoms with E-state index in [4.69, 9.17) is 9.47 Å². The van der Waals surface area contributed by atoms with Crippen LogP contribution in [-0.2, 0) is 4.74 Å². The topological polar surface area (TPSA) is 103 Å². The number of hydrogen-bond donors (Lipinski definition) is 0. The number of aromatic nitrogens is 1. The predicted octanol–water partition coefficient (Wildman–Crippen LogP) is 3.18. The fourth-order valence-electron chi connectivity index (χ4n) is 1.65. The number of epoxide rings is 1. The van der Waals surface area contributed by atoms with E-state index in [1.54, 1.807) is 18.3 Å². The van der Waals surface area contributed by atoms with Gasteiger partial charge in [0, 0.05) is 24.4 Å². The maximum atomic E-state index is 10.6. The smallest absolute Gasteiger partial charge is 0.269 e. The molecule has 1 aliphatic rings. The number of non-ortho nitro benzene ring substituents is 1. The Balaban J connectivity index is 1.65. The molecule has 0 amide bonds. The number of azo groups is 1. The summed E-state index contributed by atoms with van der Waals surface area (Å²) in [6, 6.07) is 9.18. The molecule has 0 saturated carbocycles. The summed E-state index contributed by atoms with van der Waals surface area (Å²) in [6.07, 6.45) is 1.76. The van der Waals surface area contributed by atoms with Crippen LogP contribution in [0.15, 0.2) is 52.8 Å². The molecule has 8 nitrogen and oxygen atoms in total. The van der Waals surface area contributed by atoms with Crippen molar-refractivity contribution >= 4 is 17.2 Å². The number of nitro benzene ring substituents is 1. The molecule has 1 fully saturated rings. The lowest BCUT2D eigenvalue weighted by Crippen LogP contribution is -2.03. The summed E-state index contributed by atoms with van der Waals surface area (Å²) in [5.41, 5.74) is 0.514. The second-order valence-electron chi connectivity index (χ2n) is 4.59. The standard InChI is InChI=1S/C14H12N4O4/c19-18(20)11-3-1-10(2-4-11)16-17-14-7-12(5-6-15-14)21-8-13-9-22-13/h1-7,13H,8-9H2/b17-16+/t13-/m1/s1. The van der Waals surface area contributed by atoms with Gasteiger partial charge in [-0.15, -0.1) is 10.2 Å². The lowest BCUT2D eigenvalue weighted by atomic mass is 10.3. The molecule has 0 bridgehead atoms. The van der Waals surface area contributed by atoms with Crippen LogP contribution in [0.4, 0.5) is 17.2 Å². The minimum Gasteiger partial charge on any atom is -0.491 e. The molecular formula is C14H12N4O4. The molecule has 2 heterocycles. The van der Waals surface area contributed by atoms with Crippen molar-refractivity contribution in [3.8, 4) is 5.75 Å². The molecule has 0 N–H and O–H groups in total. The first-order valence-corrected chi connectivity index (χ1v) is 6.57. The largest absolute Gasteiger partial charge is 0.491 e. The number of benzene rings is 1. The molecule has 112 valence electrons. The lowest BCUT2D eigenvalue weighted by Gasteiger charge is -2.03. The van der Waals surface area contributed by atoms with Gasteiger partial charge in [-0.1, -0.05) is 0 Å². The molecule has 1 atom stereocenters. The van der Waals surface area contributed by atoms with Crippen molar-refractivity contribution in [2.45, 2.75) is 6.10 Å². The van der Waals surface area contributed by atoms with Crippen LogP contribution in [0, 0.1) is 10.1 Å². The van der Waals surface area contributed by atoms with Crippen molar-refractivity contribution in [1.29, 1.82) is 0 Å². The summed E-state index contributed by atoms with van der Waals surface area (Å²) in [5.74, 6) is 1.04. The zero-order valence-electron chi connectivity index (χ0n) is 11.5. The minimum atomic E-state index is -0.465. The van der Waals surface area contributed by atoms with Crippen molar-refractivity contribution in [3.63, 3.8) is 0 Å². The highest BCUT2D eigenvalue weighted by molar-refractivity contribution is 5.44. The first kappa shape index (κ1) is 14.1. The van der Waals surface area contributed by atoms with Crippen molar-refractivity contribution in [2.75, 3.05) is 13.2 Å². The number of pyridine rings is 1. The van der Waals surface area contributed by atoms with E-state index in [1.807, 2.05) is 0 Å². The summed E-state index contributed by atoms with van der Waals surface area (Å²) in [6.45, 7) is 1.24. The molecule has 2 aromatic rings. The van der Waals surface area contributed by atoms with Crippen LogP contribution in [-0.4, -0.2) is 29.2 Å². The minimum absolute atomic E-state index is 0.00904. The zero-order chi connectivity index (χ0) is 15.4. The quantitative estimate of drug-likeness (QED) is 0.353. The molecule has 8 heteroatoms. The van der Waals surface area contributed by atoms with Gasteiger partial charge < -0.3 is 9.47 Å². The normalized spacial score (nSPS) is 16.6. The SMILES string of the molecule is O=[N+]([O-])c1ccc(/N=N/c2cc(OC[C@@H]3CO3)ccn2)cc1. The Labute approximate surface area is 125 Å². The van der Waals surface area contributed by atoms with Crippen molar-refractivity contribution in [1.82, 2.24) is 4.98 Å². The van der Waals surface area contributed by atoms with E-state index in [9.17, 15) is 10.1 Å². The van der Waals surface area contributed by atoms with Crippen LogP contribution in [0.25, 0.3) is 0 Å². The van der Waals surface area contributed by atoms with Gasteiger partial charge in [-0.2, -0.15) is 0 Å². The summed E-state index contributed by atoms with van der Waals surface area (Å²) in [4.78, 5) is 14.2. The molecule has 0 unspecified atom stereocenters. The van der Waals surface area contributed by atoms with E-state index < -0.39 is 4.92 Å². The van der Waals surface area contributed by atoms with E-state index in [0.717, 1.165) is 6.61 Å². The summed E-state index contributed by atoms with van der Waals surface area (Å²) >= 11 is 0. The number of rotatable bonds is 6. The summed E-state index contributed by atoms with van der Waals surface area (Å²) in [5, 5.41) is 18.5. The second kappa shape index (κ2) is 6.27. The van der Waals surface area contributed by atoms with Gasteiger partial charge in [0.1, 0.15) is 18.5 Å². The van der Waals surface area contributed by atoms with Crippen LogP contribution >= 0.6 is 0 Å². The Bertz CT molecular complexity index is 698. The van der Waals surface area contributed by atoms with Crippen LogP contribution in [0.3, 0.4) is 0 Å². The van der Waals surface area contributed by atoms with E-state index in [2.05, 4.69) is 15.2 Å². The number of hydrogen-bond acceptors (Lipinski definition) is 7. The molecule has 0 spiro atoms.